The Morgan fingerprint density at radius 3 is 3.00 bits per heavy atom. The molecule has 1 unspecified atom stereocenters. The van der Waals surface area contributed by atoms with Crippen molar-refractivity contribution in [3.8, 4) is 5.88 Å². The maximum absolute atomic E-state index is 15.0. The number of alkyl halides is 1. The number of aliphatic hydroxyl groups excluding tert-OH is 1. The van der Waals surface area contributed by atoms with Gasteiger partial charge in [-0.1, -0.05) is 18.2 Å². The number of methoxy groups -OCH3 is 1. The number of ether oxygens (including phenoxy) is 1. The summed E-state index contributed by atoms with van der Waals surface area (Å²) in [7, 11) is 1.56. The number of piperidine rings is 1. The zero-order chi connectivity index (χ0) is 24.4. The van der Waals surface area contributed by atoms with Gasteiger partial charge in [0.15, 0.2) is 0 Å². The van der Waals surface area contributed by atoms with Crippen LogP contribution in [0, 0.1) is 0 Å². The highest BCUT2D eigenvalue weighted by molar-refractivity contribution is 8.00. The summed E-state index contributed by atoms with van der Waals surface area (Å²) in [5.74, 6) is 1.40. The first kappa shape index (κ1) is 23.9. The van der Waals surface area contributed by atoms with Crippen LogP contribution in [0.5, 0.6) is 5.88 Å². The third-order valence-corrected chi connectivity index (χ3v) is 7.48. The normalized spacial score (nSPS) is 21.4. The molecule has 0 aliphatic carbocycles. The van der Waals surface area contributed by atoms with Gasteiger partial charge in [0.05, 0.1) is 35.1 Å². The number of aliphatic hydroxyl groups is 1. The smallest absolute Gasteiger partial charge is 0.235 e. The van der Waals surface area contributed by atoms with E-state index in [9.17, 15) is 9.90 Å². The number of carbonyl (C=O) groups excluding carboxylic acids is 1. The van der Waals surface area contributed by atoms with E-state index in [4.69, 9.17) is 4.74 Å². The lowest BCUT2D eigenvalue weighted by atomic mass is 10.0. The van der Waals surface area contributed by atoms with Crippen LogP contribution in [0.3, 0.4) is 0 Å². The monoisotopic (exact) mass is 497 g/mol. The van der Waals surface area contributed by atoms with Crippen molar-refractivity contribution in [2.75, 3.05) is 37.8 Å². The van der Waals surface area contributed by atoms with Gasteiger partial charge in [-0.2, -0.15) is 0 Å². The molecular formula is C25H28FN5O3S. The molecule has 0 saturated carbocycles. The van der Waals surface area contributed by atoms with Gasteiger partial charge in [-0.25, -0.2) is 14.4 Å². The number of amides is 1. The van der Waals surface area contributed by atoms with E-state index in [0.29, 0.717) is 54.6 Å². The Morgan fingerprint density at radius 2 is 2.17 bits per heavy atom. The number of halogens is 1. The lowest BCUT2D eigenvalue weighted by molar-refractivity contribution is -0.113. The third-order valence-electron chi connectivity index (χ3n) is 6.43. The second-order valence-electron chi connectivity index (χ2n) is 8.83. The van der Waals surface area contributed by atoms with Gasteiger partial charge in [0.1, 0.15) is 12.0 Å². The van der Waals surface area contributed by atoms with Crippen molar-refractivity contribution in [3.63, 3.8) is 0 Å². The minimum absolute atomic E-state index is 0.0584. The Kier molecular flexibility index (Phi) is 7.14. The molecule has 5 rings (SSSR count). The second kappa shape index (κ2) is 10.4. The molecule has 1 aromatic carbocycles. The molecule has 3 aromatic rings. The van der Waals surface area contributed by atoms with Crippen LogP contribution in [-0.2, 0) is 11.3 Å². The van der Waals surface area contributed by atoms with Crippen molar-refractivity contribution in [2.24, 2.45) is 0 Å². The highest BCUT2D eigenvalue weighted by Gasteiger charge is 2.30. The molecule has 2 aromatic heterocycles. The van der Waals surface area contributed by atoms with Gasteiger partial charge < -0.3 is 20.5 Å². The van der Waals surface area contributed by atoms with Crippen molar-refractivity contribution in [1.82, 2.24) is 20.2 Å². The zero-order valence-corrected chi connectivity index (χ0v) is 20.2. The summed E-state index contributed by atoms with van der Waals surface area (Å²) in [5.41, 5.74) is 2.16. The summed E-state index contributed by atoms with van der Waals surface area (Å²) in [4.78, 5) is 23.5. The number of benzene rings is 1. The van der Waals surface area contributed by atoms with Gasteiger partial charge in [-0.15, -0.1) is 11.8 Å². The summed E-state index contributed by atoms with van der Waals surface area (Å²) < 4.78 is 20.3. The van der Waals surface area contributed by atoms with E-state index in [-0.39, 0.29) is 18.5 Å². The molecule has 10 heteroatoms. The Bertz CT molecular complexity index is 1230. The average molecular weight is 498 g/mol. The summed E-state index contributed by atoms with van der Waals surface area (Å²) in [6.45, 7) is 1.65. The number of fused-ring (bicyclic) bond motifs is 2. The van der Waals surface area contributed by atoms with E-state index in [1.807, 2.05) is 41.3 Å². The topological polar surface area (TPSA) is 99.6 Å². The Hall–Kier alpha value is -2.79. The number of nitrogens with one attached hydrogen (secondary N) is 2. The number of carbonyl (C=O) groups is 1. The standard InChI is InChI=1S/C25H28FN5O3S/c1-34-23-8-5-15-3-2-4-17(24(15)30-23)20(32)13-31-10-9-19(18(26)12-31)27-11-16-6-7-21-25(28-16)29-22(33)14-35-21/h2-8,18-20,27,32H,9-14H2,1H3,(H,28,29,33)/t18-,19+,20?/m1/s1. The largest absolute Gasteiger partial charge is 0.481 e. The summed E-state index contributed by atoms with van der Waals surface area (Å²) in [6, 6.07) is 12.9. The molecule has 35 heavy (non-hydrogen) atoms. The van der Waals surface area contributed by atoms with Crippen molar-refractivity contribution in [3.05, 3.63) is 53.7 Å². The number of pyridine rings is 2. The number of hydrogen-bond acceptors (Lipinski definition) is 8. The maximum atomic E-state index is 15.0. The maximum Gasteiger partial charge on any atom is 0.235 e. The highest BCUT2D eigenvalue weighted by atomic mass is 32.2. The first-order chi connectivity index (χ1) is 17.0. The van der Waals surface area contributed by atoms with E-state index in [1.54, 1.807) is 13.2 Å². The predicted molar refractivity (Wildman–Crippen MR) is 133 cm³/mol. The van der Waals surface area contributed by atoms with Gasteiger partial charge in [-0.05, 0) is 31.2 Å². The minimum atomic E-state index is -1.07. The summed E-state index contributed by atoms with van der Waals surface area (Å²) in [6.07, 6.45) is -1.25. The van der Waals surface area contributed by atoms with E-state index < -0.39 is 12.3 Å². The van der Waals surface area contributed by atoms with E-state index >= 15 is 4.39 Å². The van der Waals surface area contributed by atoms with Crippen LogP contribution in [-0.4, -0.2) is 70.6 Å². The lowest BCUT2D eigenvalue weighted by Gasteiger charge is -2.36. The SMILES string of the molecule is COc1ccc2cccc(C(O)CN3CC[C@H](NCc4ccc5c(n4)NC(=O)CS5)[C@H](F)C3)c2n1. The zero-order valence-electron chi connectivity index (χ0n) is 19.4. The molecule has 2 aliphatic rings. The lowest BCUT2D eigenvalue weighted by Crippen LogP contribution is -2.51. The van der Waals surface area contributed by atoms with Crippen LogP contribution in [0.1, 0.15) is 23.8 Å². The van der Waals surface area contributed by atoms with Crippen LogP contribution in [0.2, 0.25) is 0 Å². The van der Waals surface area contributed by atoms with Crippen molar-refractivity contribution in [1.29, 1.82) is 0 Å². The van der Waals surface area contributed by atoms with Crippen molar-refractivity contribution in [2.45, 2.75) is 36.2 Å². The Balaban J connectivity index is 1.17. The molecule has 2 aliphatic heterocycles. The van der Waals surface area contributed by atoms with E-state index in [0.717, 1.165) is 16.0 Å². The van der Waals surface area contributed by atoms with Crippen LogP contribution in [0.15, 0.2) is 47.4 Å². The molecular weight excluding hydrogens is 469 g/mol. The fourth-order valence-corrected chi connectivity index (χ4v) is 5.34. The fourth-order valence-electron chi connectivity index (χ4n) is 4.58. The van der Waals surface area contributed by atoms with Gasteiger partial charge >= 0.3 is 0 Å². The molecule has 184 valence electrons. The molecule has 3 N–H and O–H groups in total. The number of aromatic nitrogens is 2. The molecule has 8 nitrogen and oxygen atoms in total. The molecule has 1 fully saturated rings. The highest BCUT2D eigenvalue weighted by Crippen LogP contribution is 2.30. The predicted octanol–water partition coefficient (Wildman–Crippen LogP) is 2.92. The number of hydrogen-bond donors (Lipinski definition) is 3. The van der Waals surface area contributed by atoms with Gasteiger partial charge in [0, 0.05) is 42.7 Å². The Morgan fingerprint density at radius 1 is 1.29 bits per heavy atom. The number of likely N-dealkylation sites (tertiary alicyclic amines) is 1. The Labute approximate surface area is 207 Å². The van der Waals surface area contributed by atoms with Crippen LogP contribution >= 0.6 is 11.8 Å². The van der Waals surface area contributed by atoms with Crippen LogP contribution < -0.4 is 15.4 Å². The summed E-state index contributed by atoms with van der Waals surface area (Å²) in [5, 5.41) is 17.9. The first-order valence-corrected chi connectivity index (χ1v) is 12.6. The van der Waals surface area contributed by atoms with Crippen molar-refractivity contribution >= 4 is 34.4 Å². The van der Waals surface area contributed by atoms with Gasteiger partial charge in [-0.3, -0.25) is 9.69 Å². The van der Waals surface area contributed by atoms with E-state index in [1.165, 1.54) is 11.8 Å². The number of thioether (sulfide) groups is 1. The average Bonchev–Trinajstić information content (AvgIpc) is 2.87. The van der Waals surface area contributed by atoms with Crippen LogP contribution in [0.4, 0.5) is 10.2 Å². The molecule has 1 saturated heterocycles. The molecule has 3 atom stereocenters. The molecule has 1 amide bonds. The molecule has 0 spiro atoms. The van der Waals surface area contributed by atoms with Crippen LogP contribution in [0.25, 0.3) is 10.9 Å². The fraction of sp³-hybridized carbons (Fsp3) is 0.400. The quantitative estimate of drug-likeness (QED) is 0.458. The number of β-amino-alcohol motifs (C(OH)–C–C–N with tert-alkyl or cyclic N) is 1. The van der Waals surface area contributed by atoms with Crippen molar-refractivity contribution < 1.29 is 19.0 Å². The number of rotatable bonds is 7. The minimum Gasteiger partial charge on any atom is -0.481 e. The number of nitrogens with zero attached hydrogens (tertiary/aromatic N) is 3. The number of para-hydroxylation sites is 1. The molecule has 0 radical (unpaired) electrons. The number of anilines is 1. The second-order valence-corrected chi connectivity index (χ2v) is 9.84. The van der Waals surface area contributed by atoms with Gasteiger partial charge in [0.25, 0.3) is 0 Å². The summed E-state index contributed by atoms with van der Waals surface area (Å²) >= 11 is 1.47. The third kappa shape index (κ3) is 5.40. The van der Waals surface area contributed by atoms with E-state index in [2.05, 4.69) is 20.6 Å². The van der Waals surface area contributed by atoms with Gasteiger partial charge in [0.2, 0.25) is 11.8 Å². The molecule has 0 bridgehead atoms. The first-order valence-electron chi connectivity index (χ1n) is 11.6. The molecule has 4 heterocycles.